The van der Waals surface area contributed by atoms with Gasteiger partial charge in [0.05, 0.1) is 27.8 Å². The molecule has 6 heteroatoms. The minimum atomic E-state index is 0.593. The van der Waals surface area contributed by atoms with Crippen LogP contribution in [-0.2, 0) is 0 Å². The number of aromatic nitrogens is 6. The lowest BCUT2D eigenvalue weighted by molar-refractivity contribution is 1.06. The predicted molar refractivity (Wildman–Crippen MR) is 194 cm³/mol. The molecule has 10 aromatic rings. The van der Waals surface area contributed by atoms with Gasteiger partial charge in [0, 0.05) is 39.0 Å². The van der Waals surface area contributed by atoms with E-state index in [1.165, 1.54) is 21.7 Å². The van der Waals surface area contributed by atoms with E-state index in [4.69, 9.17) is 19.9 Å². The van der Waals surface area contributed by atoms with Crippen LogP contribution < -0.4 is 0 Å². The summed E-state index contributed by atoms with van der Waals surface area (Å²) in [5.41, 5.74) is 8.89. The molecule has 0 aliphatic carbocycles. The Bertz CT molecular complexity index is 2760. The second-order valence-electron chi connectivity index (χ2n) is 11.9. The quantitative estimate of drug-likeness (QED) is 0.198. The maximum atomic E-state index is 5.12. The predicted octanol–water partition coefficient (Wildman–Crippen LogP) is 9.92. The van der Waals surface area contributed by atoms with Crippen molar-refractivity contribution in [3.8, 4) is 39.9 Å². The number of benzene rings is 6. The molecule has 224 valence electrons. The Morgan fingerprint density at radius 1 is 0.438 bits per heavy atom. The molecule has 0 saturated carbocycles. The molecular weight excluding hydrogens is 589 g/mol. The molecule has 10 rings (SSSR count). The van der Waals surface area contributed by atoms with Gasteiger partial charge in [-0.05, 0) is 41.8 Å². The molecule has 48 heavy (non-hydrogen) atoms. The molecule has 6 nitrogen and oxygen atoms in total. The zero-order valence-electron chi connectivity index (χ0n) is 25.7. The first-order chi connectivity index (χ1) is 23.8. The maximum Gasteiger partial charge on any atom is 0.166 e. The number of nitrogens with zero attached hydrogens (tertiary/aromatic N) is 6. The van der Waals surface area contributed by atoms with Crippen LogP contribution in [-0.4, -0.2) is 28.9 Å². The Labute approximate surface area is 275 Å². The highest BCUT2D eigenvalue weighted by molar-refractivity contribution is 6.23. The molecular formula is C42H26N6. The molecule has 0 unspecified atom stereocenters. The highest BCUT2D eigenvalue weighted by atomic mass is 15.1. The van der Waals surface area contributed by atoms with E-state index >= 15 is 0 Å². The SMILES string of the molecule is c1ccc(-c2nc(-c3ccccc3)nc(-c3ccccc3-n3c4cccc5ccc6c7ccccc7n(c7cccnc73)c6c54)n2)cc1. The Morgan fingerprint density at radius 3 is 1.88 bits per heavy atom. The molecule has 0 saturated heterocycles. The Morgan fingerprint density at radius 2 is 1.08 bits per heavy atom. The van der Waals surface area contributed by atoms with Crippen LogP contribution in [0.15, 0.2) is 158 Å². The fourth-order valence-electron chi connectivity index (χ4n) is 7.12. The monoisotopic (exact) mass is 614 g/mol. The topological polar surface area (TPSA) is 60.9 Å². The van der Waals surface area contributed by atoms with Crippen LogP contribution in [0.2, 0.25) is 0 Å². The third-order valence-corrected chi connectivity index (χ3v) is 9.20. The third kappa shape index (κ3) is 3.93. The van der Waals surface area contributed by atoms with Crippen molar-refractivity contribution >= 4 is 49.3 Å². The van der Waals surface area contributed by atoms with Crippen molar-refractivity contribution in [2.75, 3.05) is 0 Å². The van der Waals surface area contributed by atoms with Gasteiger partial charge < -0.3 is 4.40 Å². The van der Waals surface area contributed by atoms with Gasteiger partial charge in [0.2, 0.25) is 0 Å². The van der Waals surface area contributed by atoms with Crippen molar-refractivity contribution < 1.29 is 0 Å². The first-order valence-electron chi connectivity index (χ1n) is 16.0. The number of rotatable bonds is 4. The van der Waals surface area contributed by atoms with E-state index in [9.17, 15) is 0 Å². The number of fused-ring (bicyclic) bond motifs is 5. The number of para-hydroxylation sites is 2. The average molecular weight is 615 g/mol. The summed E-state index contributed by atoms with van der Waals surface area (Å²) in [4.78, 5) is 20.3. The number of hydrogen-bond donors (Lipinski definition) is 0. The zero-order valence-corrected chi connectivity index (χ0v) is 25.7. The lowest BCUT2D eigenvalue weighted by Crippen LogP contribution is -2.05. The van der Waals surface area contributed by atoms with Crippen LogP contribution in [0.25, 0.3) is 89.1 Å². The van der Waals surface area contributed by atoms with Crippen LogP contribution in [0.1, 0.15) is 0 Å². The molecule has 0 amide bonds. The van der Waals surface area contributed by atoms with E-state index in [0.29, 0.717) is 17.5 Å². The van der Waals surface area contributed by atoms with Crippen LogP contribution in [0.5, 0.6) is 0 Å². The van der Waals surface area contributed by atoms with E-state index in [1.54, 1.807) is 0 Å². The largest absolute Gasteiger partial charge is 0.305 e. The van der Waals surface area contributed by atoms with E-state index < -0.39 is 0 Å². The highest BCUT2D eigenvalue weighted by Gasteiger charge is 2.21. The molecule has 0 radical (unpaired) electrons. The van der Waals surface area contributed by atoms with Crippen molar-refractivity contribution in [3.05, 3.63) is 158 Å². The Kier molecular flexibility index (Phi) is 5.77. The molecule has 0 bridgehead atoms. The van der Waals surface area contributed by atoms with Gasteiger partial charge in [0.1, 0.15) is 0 Å². The highest BCUT2D eigenvalue weighted by Crippen LogP contribution is 2.40. The summed E-state index contributed by atoms with van der Waals surface area (Å²) >= 11 is 0. The van der Waals surface area contributed by atoms with Gasteiger partial charge in [0.25, 0.3) is 0 Å². The lowest BCUT2D eigenvalue weighted by Gasteiger charge is -2.16. The summed E-state index contributed by atoms with van der Waals surface area (Å²) in [6.45, 7) is 0. The van der Waals surface area contributed by atoms with Gasteiger partial charge in [-0.25, -0.2) is 19.9 Å². The van der Waals surface area contributed by atoms with Gasteiger partial charge in [0.15, 0.2) is 23.1 Å². The van der Waals surface area contributed by atoms with E-state index in [2.05, 4.69) is 87.8 Å². The zero-order chi connectivity index (χ0) is 31.6. The molecule has 0 fully saturated rings. The first-order valence-corrected chi connectivity index (χ1v) is 16.0. The van der Waals surface area contributed by atoms with Crippen molar-refractivity contribution in [3.63, 3.8) is 0 Å². The summed E-state index contributed by atoms with van der Waals surface area (Å²) in [5, 5.41) is 4.77. The summed E-state index contributed by atoms with van der Waals surface area (Å²) in [6.07, 6.45) is 1.87. The molecule has 0 aliphatic heterocycles. The van der Waals surface area contributed by atoms with Crippen molar-refractivity contribution in [2.45, 2.75) is 0 Å². The Balaban J connectivity index is 1.36. The first kappa shape index (κ1) is 26.5. The number of pyridine rings is 1. The number of hydrogen-bond acceptors (Lipinski definition) is 4. The average Bonchev–Trinajstić information content (AvgIpc) is 3.44. The molecule has 0 aliphatic rings. The van der Waals surface area contributed by atoms with Gasteiger partial charge in [-0.2, -0.15) is 0 Å². The van der Waals surface area contributed by atoms with Gasteiger partial charge in [-0.3, -0.25) is 4.57 Å². The lowest BCUT2D eigenvalue weighted by atomic mass is 10.0. The van der Waals surface area contributed by atoms with Crippen LogP contribution in [0, 0.1) is 0 Å². The third-order valence-electron chi connectivity index (χ3n) is 9.20. The summed E-state index contributed by atoms with van der Waals surface area (Å²) < 4.78 is 4.66. The van der Waals surface area contributed by atoms with Gasteiger partial charge >= 0.3 is 0 Å². The van der Waals surface area contributed by atoms with Crippen LogP contribution in [0.4, 0.5) is 0 Å². The fraction of sp³-hybridized carbons (Fsp3) is 0. The normalized spacial score (nSPS) is 11.8. The van der Waals surface area contributed by atoms with Gasteiger partial charge in [-0.1, -0.05) is 115 Å². The van der Waals surface area contributed by atoms with Crippen molar-refractivity contribution in [2.24, 2.45) is 0 Å². The van der Waals surface area contributed by atoms with Crippen LogP contribution >= 0.6 is 0 Å². The molecule has 6 aromatic carbocycles. The smallest absolute Gasteiger partial charge is 0.166 e. The van der Waals surface area contributed by atoms with Crippen LogP contribution in [0.3, 0.4) is 0 Å². The molecule has 0 spiro atoms. The Hall–Kier alpha value is -6.66. The van der Waals surface area contributed by atoms with E-state index in [-0.39, 0.29) is 0 Å². The maximum absolute atomic E-state index is 5.12. The second kappa shape index (κ2) is 10.4. The standard InChI is InChI=1S/C42H26N6/c1-3-13-28(14-4-1)39-44-40(29-15-5-2-6-16-29)46-41(45-39)32-19-8-10-21-34(32)48-35-22-11-17-27-24-25-31-30-18-7-9-20-33(30)47(38(31)37(27)35)36-23-12-26-43-42(36)48/h1-26H. The van der Waals surface area contributed by atoms with E-state index in [0.717, 1.165) is 50.0 Å². The minimum absolute atomic E-state index is 0.593. The van der Waals surface area contributed by atoms with Crippen molar-refractivity contribution in [1.29, 1.82) is 0 Å². The summed E-state index contributed by atoms with van der Waals surface area (Å²) in [7, 11) is 0. The minimum Gasteiger partial charge on any atom is -0.305 e. The molecule has 0 atom stereocenters. The summed E-state index contributed by atoms with van der Waals surface area (Å²) in [5.74, 6) is 1.84. The van der Waals surface area contributed by atoms with E-state index in [1.807, 2.05) is 79.0 Å². The van der Waals surface area contributed by atoms with Crippen molar-refractivity contribution in [1.82, 2.24) is 28.9 Å². The second-order valence-corrected chi connectivity index (χ2v) is 11.9. The molecule has 0 N–H and O–H groups in total. The summed E-state index contributed by atoms with van der Waals surface area (Å²) in [6, 6.07) is 52.4. The molecule has 4 aromatic heterocycles. The fourth-order valence-corrected chi connectivity index (χ4v) is 7.12. The molecule has 4 heterocycles. The van der Waals surface area contributed by atoms with Gasteiger partial charge in [-0.15, -0.1) is 0 Å².